The summed E-state index contributed by atoms with van der Waals surface area (Å²) in [6, 6.07) is 0. The minimum absolute atomic E-state index is 0.269. The number of carbonyl (C=O) groups excluding carboxylic acids is 1. The maximum absolute atomic E-state index is 11.3. The number of aliphatic imine (C=N–C) groups is 1. The largest absolute Gasteiger partial charge is 0.444 e. The average Bonchev–Trinajstić information content (AvgIpc) is 2.02. The first-order valence-corrected chi connectivity index (χ1v) is 5.25. The van der Waals surface area contributed by atoms with Gasteiger partial charge in [0.1, 0.15) is 5.60 Å². The molecule has 1 amide bonds. The SMILES string of the molecule is CC(C)(C)OC(=O)NC1N=CC=CS1. The van der Waals surface area contributed by atoms with Crippen molar-refractivity contribution in [2.75, 3.05) is 0 Å². The number of hydrogen-bond donors (Lipinski definition) is 1. The van der Waals surface area contributed by atoms with Crippen molar-refractivity contribution in [3.63, 3.8) is 0 Å². The van der Waals surface area contributed by atoms with Crippen LogP contribution in [0.3, 0.4) is 0 Å². The lowest BCUT2D eigenvalue weighted by Crippen LogP contribution is -2.36. The van der Waals surface area contributed by atoms with Crippen LogP contribution in [0, 0.1) is 0 Å². The third-order valence-corrected chi connectivity index (χ3v) is 2.05. The van der Waals surface area contributed by atoms with Gasteiger partial charge in [0.15, 0.2) is 5.50 Å². The maximum atomic E-state index is 11.3. The first kappa shape index (κ1) is 11.1. The first-order chi connectivity index (χ1) is 6.47. The summed E-state index contributed by atoms with van der Waals surface area (Å²) in [7, 11) is 0. The topological polar surface area (TPSA) is 50.7 Å². The Morgan fingerprint density at radius 2 is 2.29 bits per heavy atom. The second-order valence-electron chi connectivity index (χ2n) is 3.76. The Labute approximate surface area is 87.8 Å². The number of thioether (sulfide) groups is 1. The lowest BCUT2D eigenvalue weighted by atomic mass is 10.2. The Hall–Kier alpha value is -0.970. The van der Waals surface area contributed by atoms with E-state index in [9.17, 15) is 4.79 Å². The molecular weight excluding hydrogens is 200 g/mol. The second-order valence-corrected chi connectivity index (χ2v) is 4.75. The molecule has 0 spiro atoms. The summed E-state index contributed by atoms with van der Waals surface area (Å²) >= 11 is 1.43. The lowest BCUT2D eigenvalue weighted by molar-refractivity contribution is 0.0524. The van der Waals surface area contributed by atoms with Gasteiger partial charge in [-0.3, -0.25) is 10.3 Å². The molecule has 0 fully saturated rings. The Bertz CT molecular complexity index is 268. The summed E-state index contributed by atoms with van der Waals surface area (Å²) in [5.41, 5.74) is -0.738. The molecule has 1 N–H and O–H groups in total. The molecule has 14 heavy (non-hydrogen) atoms. The van der Waals surface area contributed by atoms with Crippen molar-refractivity contribution < 1.29 is 9.53 Å². The number of ether oxygens (including phenoxy) is 1. The number of carbonyl (C=O) groups is 1. The monoisotopic (exact) mass is 214 g/mol. The number of alkyl carbamates (subject to hydrolysis) is 1. The highest BCUT2D eigenvalue weighted by atomic mass is 32.2. The van der Waals surface area contributed by atoms with Gasteiger partial charge >= 0.3 is 6.09 Å². The molecule has 1 atom stereocenters. The van der Waals surface area contributed by atoms with E-state index in [2.05, 4.69) is 10.3 Å². The fourth-order valence-electron chi connectivity index (χ4n) is 0.798. The van der Waals surface area contributed by atoms with Gasteiger partial charge in [0.05, 0.1) is 0 Å². The number of rotatable bonds is 1. The van der Waals surface area contributed by atoms with E-state index >= 15 is 0 Å². The van der Waals surface area contributed by atoms with E-state index in [1.165, 1.54) is 11.8 Å². The fraction of sp³-hybridized carbons (Fsp3) is 0.556. The molecule has 1 heterocycles. The summed E-state index contributed by atoms with van der Waals surface area (Å²) < 4.78 is 5.08. The van der Waals surface area contributed by atoms with Gasteiger partial charge in [-0.05, 0) is 32.3 Å². The minimum Gasteiger partial charge on any atom is -0.444 e. The van der Waals surface area contributed by atoms with Crippen molar-refractivity contribution in [2.24, 2.45) is 4.99 Å². The third-order valence-electron chi connectivity index (χ3n) is 1.23. The van der Waals surface area contributed by atoms with E-state index in [0.717, 1.165) is 0 Å². The zero-order valence-corrected chi connectivity index (χ0v) is 9.30. The van der Waals surface area contributed by atoms with E-state index in [-0.39, 0.29) is 5.50 Å². The normalized spacial score (nSPS) is 20.6. The highest BCUT2D eigenvalue weighted by Crippen LogP contribution is 2.15. The maximum Gasteiger partial charge on any atom is 0.410 e. The van der Waals surface area contributed by atoms with Crippen LogP contribution in [-0.4, -0.2) is 23.4 Å². The van der Waals surface area contributed by atoms with Gasteiger partial charge in [-0.15, -0.1) is 0 Å². The summed E-state index contributed by atoms with van der Waals surface area (Å²) in [4.78, 5) is 15.3. The van der Waals surface area contributed by atoms with Crippen LogP contribution in [0.5, 0.6) is 0 Å². The average molecular weight is 214 g/mol. The van der Waals surface area contributed by atoms with E-state index in [1.54, 1.807) is 6.21 Å². The third kappa shape index (κ3) is 4.32. The first-order valence-electron chi connectivity index (χ1n) is 4.31. The zero-order chi connectivity index (χ0) is 10.6. The van der Waals surface area contributed by atoms with Crippen LogP contribution in [0.1, 0.15) is 20.8 Å². The van der Waals surface area contributed by atoms with Crippen molar-refractivity contribution in [3.05, 3.63) is 11.5 Å². The van der Waals surface area contributed by atoms with Crippen molar-refractivity contribution >= 4 is 24.1 Å². The molecular formula is C9H14N2O2S. The van der Waals surface area contributed by atoms with Gasteiger partial charge in [0.25, 0.3) is 0 Å². The number of nitrogens with zero attached hydrogens (tertiary/aromatic N) is 1. The summed E-state index contributed by atoms with van der Waals surface area (Å²) in [6.07, 6.45) is 3.03. The van der Waals surface area contributed by atoms with Crippen LogP contribution >= 0.6 is 11.8 Å². The number of nitrogens with one attached hydrogen (secondary N) is 1. The highest BCUT2D eigenvalue weighted by molar-refractivity contribution is 8.02. The minimum atomic E-state index is -0.469. The molecule has 0 aliphatic carbocycles. The van der Waals surface area contributed by atoms with Gasteiger partial charge in [0.2, 0.25) is 0 Å². The summed E-state index contributed by atoms with van der Waals surface area (Å²) in [6.45, 7) is 5.47. The van der Waals surface area contributed by atoms with Crippen LogP contribution in [0.2, 0.25) is 0 Å². The molecule has 0 aromatic carbocycles. The zero-order valence-electron chi connectivity index (χ0n) is 8.48. The van der Waals surface area contributed by atoms with E-state index in [0.29, 0.717) is 0 Å². The predicted octanol–water partition coefficient (Wildman–Crippen LogP) is 2.13. The molecule has 5 heteroatoms. The van der Waals surface area contributed by atoms with Crippen molar-refractivity contribution in [3.8, 4) is 0 Å². The molecule has 0 saturated heterocycles. The molecule has 0 aromatic rings. The van der Waals surface area contributed by atoms with Gasteiger partial charge in [-0.2, -0.15) is 0 Å². The van der Waals surface area contributed by atoms with E-state index in [4.69, 9.17) is 4.74 Å². The molecule has 1 aliphatic rings. The molecule has 0 bridgehead atoms. The van der Waals surface area contributed by atoms with Crippen LogP contribution < -0.4 is 5.32 Å². The molecule has 78 valence electrons. The van der Waals surface area contributed by atoms with Crippen LogP contribution in [0.25, 0.3) is 0 Å². The molecule has 1 aliphatic heterocycles. The summed E-state index contributed by atoms with van der Waals surface area (Å²) in [5.74, 6) is 0. The highest BCUT2D eigenvalue weighted by Gasteiger charge is 2.18. The Kier molecular flexibility index (Phi) is 3.57. The quantitative estimate of drug-likeness (QED) is 0.727. The van der Waals surface area contributed by atoms with Crippen molar-refractivity contribution in [1.29, 1.82) is 0 Å². The standard InChI is InChI=1S/C9H14N2O2S/c1-9(2,3)13-8(12)11-7-10-5-4-6-14-7/h4-7H,1-3H3,(H,11,12). The Balaban J connectivity index is 2.34. The second kappa shape index (κ2) is 4.50. The van der Waals surface area contributed by atoms with Crippen molar-refractivity contribution in [2.45, 2.75) is 31.9 Å². The molecule has 1 rings (SSSR count). The molecule has 0 aromatic heterocycles. The van der Waals surface area contributed by atoms with Gasteiger partial charge in [-0.25, -0.2) is 4.79 Å². The Morgan fingerprint density at radius 3 is 2.79 bits per heavy atom. The lowest BCUT2D eigenvalue weighted by Gasteiger charge is -2.21. The number of hydrogen-bond acceptors (Lipinski definition) is 4. The van der Waals surface area contributed by atoms with E-state index in [1.807, 2.05) is 32.3 Å². The number of allylic oxidation sites excluding steroid dienone is 1. The molecule has 0 radical (unpaired) electrons. The van der Waals surface area contributed by atoms with Gasteiger partial charge < -0.3 is 4.74 Å². The smallest absolute Gasteiger partial charge is 0.410 e. The van der Waals surface area contributed by atoms with Gasteiger partial charge in [0, 0.05) is 6.21 Å². The summed E-state index contributed by atoms with van der Waals surface area (Å²) in [5, 5.41) is 4.50. The van der Waals surface area contributed by atoms with Crippen LogP contribution in [-0.2, 0) is 4.74 Å². The van der Waals surface area contributed by atoms with Crippen LogP contribution in [0.4, 0.5) is 4.79 Å². The van der Waals surface area contributed by atoms with Gasteiger partial charge in [-0.1, -0.05) is 11.8 Å². The molecule has 1 unspecified atom stereocenters. The van der Waals surface area contributed by atoms with Crippen molar-refractivity contribution in [1.82, 2.24) is 5.32 Å². The fourth-order valence-corrected chi connectivity index (χ4v) is 1.41. The van der Waals surface area contributed by atoms with E-state index < -0.39 is 11.7 Å². The molecule has 4 nitrogen and oxygen atoms in total. The van der Waals surface area contributed by atoms with Crippen LogP contribution in [0.15, 0.2) is 16.5 Å². The predicted molar refractivity (Wildman–Crippen MR) is 58.4 cm³/mol. The molecule has 0 saturated carbocycles. The Morgan fingerprint density at radius 1 is 1.57 bits per heavy atom. The number of amides is 1.